The predicted octanol–water partition coefficient (Wildman–Crippen LogP) is 5.45. The lowest BCUT2D eigenvalue weighted by Crippen LogP contribution is -2.41. The van der Waals surface area contributed by atoms with Crippen molar-refractivity contribution in [2.45, 2.75) is 18.6 Å². The number of nitrogens with zero attached hydrogens (tertiary/aromatic N) is 1. The molecule has 0 unspecified atom stereocenters. The van der Waals surface area contributed by atoms with E-state index in [9.17, 15) is 14.7 Å². The van der Waals surface area contributed by atoms with Gasteiger partial charge in [0, 0.05) is 14.7 Å². The molecule has 4 aromatic carbocycles. The Bertz CT molecular complexity index is 1340. The Morgan fingerprint density at radius 1 is 0.875 bits per heavy atom. The molecule has 4 nitrogen and oxygen atoms in total. The van der Waals surface area contributed by atoms with Gasteiger partial charge in [0.05, 0.1) is 18.7 Å². The van der Waals surface area contributed by atoms with E-state index in [1.807, 2.05) is 66.7 Å². The SMILES string of the molecule is O=C(C[C@@]1(O)C(=O)N(Cc2cccc3ccccc23)c2ccccc21)c1ccc(I)cc1. The number of ketones is 1. The first-order chi connectivity index (χ1) is 15.5. The van der Waals surface area contributed by atoms with E-state index >= 15 is 0 Å². The molecular weight excluding hydrogens is 513 g/mol. The van der Waals surface area contributed by atoms with E-state index in [-0.39, 0.29) is 12.2 Å². The Kier molecular flexibility index (Phi) is 5.31. The standard InChI is InChI=1S/C27H20INO3/c28-21-14-12-19(13-15-21)25(30)16-27(32)23-10-3-4-11-24(23)29(26(27)31)17-20-8-5-7-18-6-1-2-9-22(18)20/h1-15,32H,16-17H2/t27-/m0/s1. The van der Waals surface area contributed by atoms with E-state index in [0.717, 1.165) is 19.9 Å². The fourth-order valence-corrected chi connectivity index (χ4v) is 4.76. The Hall–Kier alpha value is -3.03. The Morgan fingerprint density at radius 2 is 1.56 bits per heavy atom. The molecule has 0 saturated heterocycles. The van der Waals surface area contributed by atoms with Gasteiger partial charge < -0.3 is 10.0 Å². The highest BCUT2D eigenvalue weighted by Crippen LogP contribution is 2.43. The van der Waals surface area contributed by atoms with E-state index in [1.165, 1.54) is 0 Å². The highest BCUT2D eigenvalue weighted by atomic mass is 127. The normalized spacial score (nSPS) is 17.6. The number of amides is 1. The molecule has 0 saturated carbocycles. The molecule has 1 N–H and O–H groups in total. The van der Waals surface area contributed by atoms with Crippen LogP contribution in [0.15, 0.2) is 91.0 Å². The summed E-state index contributed by atoms with van der Waals surface area (Å²) in [7, 11) is 0. The van der Waals surface area contributed by atoms with Crippen LogP contribution in [-0.4, -0.2) is 16.8 Å². The van der Waals surface area contributed by atoms with Crippen LogP contribution < -0.4 is 4.90 Å². The van der Waals surface area contributed by atoms with Gasteiger partial charge in [-0.25, -0.2) is 0 Å². The summed E-state index contributed by atoms with van der Waals surface area (Å²) in [6.07, 6.45) is -0.296. The summed E-state index contributed by atoms with van der Waals surface area (Å²) in [6, 6.07) is 28.4. The number of aliphatic hydroxyl groups is 1. The van der Waals surface area contributed by atoms with Crippen LogP contribution in [-0.2, 0) is 16.9 Å². The van der Waals surface area contributed by atoms with Gasteiger partial charge in [0.25, 0.3) is 5.91 Å². The molecule has 5 heteroatoms. The van der Waals surface area contributed by atoms with Crippen molar-refractivity contribution in [3.8, 4) is 0 Å². The van der Waals surface area contributed by atoms with Gasteiger partial charge in [0.1, 0.15) is 0 Å². The van der Waals surface area contributed by atoms with Crippen LogP contribution in [0.4, 0.5) is 5.69 Å². The third-order valence-corrected chi connectivity index (χ3v) is 6.75. The zero-order valence-corrected chi connectivity index (χ0v) is 19.3. The first-order valence-corrected chi connectivity index (χ1v) is 11.4. The lowest BCUT2D eigenvalue weighted by Gasteiger charge is -2.23. The fourth-order valence-electron chi connectivity index (χ4n) is 4.41. The third-order valence-electron chi connectivity index (χ3n) is 6.03. The van der Waals surface area contributed by atoms with E-state index < -0.39 is 11.5 Å². The first-order valence-electron chi connectivity index (χ1n) is 10.4. The Morgan fingerprint density at radius 3 is 2.38 bits per heavy atom. The molecule has 158 valence electrons. The average Bonchev–Trinajstić information content (AvgIpc) is 3.01. The summed E-state index contributed by atoms with van der Waals surface area (Å²) in [6.45, 7) is 0.317. The molecule has 1 heterocycles. The highest BCUT2D eigenvalue weighted by molar-refractivity contribution is 14.1. The maximum absolute atomic E-state index is 13.6. The van der Waals surface area contributed by atoms with Gasteiger partial charge in [-0.2, -0.15) is 0 Å². The van der Waals surface area contributed by atoms with Gasteiger partial charge in [-0.05, 0) is 57.1 Å². The lowest BCUT2D eigenvalue weighted by molar-refractivity contribution is -0.136. The Balaban J connectivity index is 1.51. The summed E-state index contributed by atoms with van der Waals surface area (Å²) in [5.74, 6) is -0.732. The molecule has 1 aliphatic rings. The number of benzene rings is 4. The summed E-state index contributed by atoms with van der Waals surface area (Å²) < 4.78 is 1.02. The van der Waals surface area contributed by atoms with Crippen LogP contribution >= 0.6 is 22.6 Å². The first kappa shape index (κ1) is 20.8. The topological polar surface area (TPSA) is 57.6 Å². The van der Waals surface area contributed by atoms with Crippen LogP contribution in [0.2, 0.25) is 0 Å². The number of carbonyl (C=O) groups is 2. The molecule has 0 aromatic heterocycles. The summed E-state index contributed by atoms with van der Waals surface area (Å²) >= 11 is 2.17. The maximum atomic E-state index is 13.6. The van der Waals surface area contributed by atoms with Crippen molar-refractivity contribution in [3.63, 3.8) is 0 Å². The van der Waals surface area contributed by atoms with Crippen molar-refractivity contribution in [1.82, 2.24) is 0 Å². The zero-order chi connectivity index (χ0) is 22.3. The molecule has 0 fully saturated rings. The van der Waals surface area contributed by atoms with Crippen molar-refractivity contribution in [3.05, 3.63) is 111 Å². The van der Waals surface area contributed by atoms with Gasteiger partial charge in [0.15, 0.2) is 11.4 Å². The van der Waals surface area contributed by atoms with E-state index in [4.69, 9.17) is 0 Å². The number of carbonyl (C=O) groups excluding carboxylic acids is 2. The molecular formula is C27H20INO3. The predicted molar refractivity (Wildman–Crippen MR) is 134 cm³/mol. The molecule has 0 aliphatic carbocycles. The molecule has 0 bridgehead atoms. The second kappa shape index (κ2) is 8.15. The molecule has 1 aliphatic heterocycles. The Labute approximate surface area is 199 Å². The highest BCUT2D eigenvalue weighted by Gasteiger charge is 2.50. The minimum atomic E-state index is -1.89. The quantitative estimate of drug-likeness (QED) is 0.274. The van der Waals surface area contributed by atoms with Crippen molar-refractivity contribution in [1.29, 1.82) is 0 Å². The number of Topliss-reactive ketones (excluding diaryl/α,β-unsaturated/α-hetero) is 1. The van der Waals surface area contributed by atoms with Crippen molar-refractivity contribution < 1.29 is 14.7 Å². The zero-order valence-electron chi connectivity index (χ0n) is 17.2. The van der Waals surface area contributed by atoms with Crippen LogP contribution in [0.1, 0.15) is 27.9 Å². The van der Waals surface area contributed by atoms with Gasteiger partial charge in [0.2, 0.25) is 0 Å². The van der Waals surface area contributed by atoms with Crippen molar-refractivity contribution in [2.24, 2.45) is 0 Å². The van der Waals surface area contributed by atoms with E-state index in [0.29, 0.717) is 23.4 Å². The maximum Gasteiger partial charge on any atom is 0.264 e. The van der Waals surface area contributed by atoms with Gasteiger partial charge in [-0.1, -0.05) is 72.8 Å². The van der Waals surface area contributed by atoms with Gasteiger partial charge in [-0.15, -0.1) is 0 Å². The number of anilines is 1. The molecule has 5 rings (SSSR count). The van der Waals surface area contributed by atoms with Crippen LogP contribution in [0, 0.1) is 3.57 Å². The van der Waals surface area contributed by atoms with E-state index in [1.54, 1.807) is 29.2 Å². The third kappa shape index (κ3) is 3.51. The van der Waals surface area contributed by atoms with Crippen LogP contribution in [0.5, 0.6) is 0 Å². The molecule has 4 aromatic rings. The number of hydrogen-bond donors (Lipinski definition) is 1. The second-order valence-electron chi connectivity index (χ2n) is 8.01. The molecule has 1 atom stereocenters. The largest absolute Gasteiger partial charge is 0.375 e. The van der Waals surface area contributed by atoms with Crippen molar-refractivity contribution in [2.75, 3.05) is 4.90 Å². The van der Waals surface area contributed by atoms with Crippen molar-refractivity contribution >= 4 is 50.7 Å². The monoisotopic (exact) mass is 533 g/mol. The molecule has 0 radical (unpaired) electrons. The summed E-state index contributed by atoms with van der Waals surface area (Å²) in [5, 5.41) is 13.7. The summed E-state index contributed by atoms with van der Waals surface area (Å²) in [5.41, 5.74) is 0.699. The lowest BCUT2D eigenvalue weighted by atomic mass is 9.88. The smallest absolute Gasteiger partial charge is 0.264 e. The fraction of sp³-hybridized carbons (Fsp3) is 0.111. The number of halogens is 1. The van der Waals surface area contributed by atoms with E-state index in [2.05, 4.69) is 22.6 Å². The number of rotatable bonds is 5. The number of fused-ring (bicyclic) bond motifs is 2. The van der Waals surface area contributed by atoms with Crippen LogP contribution in [0.3, 0.4) is 0 Å². The van der Waals surface area contributed by atoms with Gasteiger partial charge >= 0.3 is 0 Å². The molecule has 1 amide bonds. The minimum Gasteiger partial charge on any atom is -0.375 e. The van der Waals surface area contributed by atoms with Crippen LogP contribution in [0.25, 0.3) is 10.8 Å². The second-order valence-corrected chi connectivity index (χ2v) is 9.26. The average molecular weight is 533 g/mol. The number of hydrogen-bond acceptors (Lipinski definition) is 3. The summed E-state index contributed by atoms with van der Waals surface area (Å²) in [4.78, 5) is 28.1. The minimum absolute atomic E-state index is 0.265. The number of para-hydroxylation sites is 1. The molecule has 0 spiro atoms. The molecule has 32 heavy (non-hydrogen) atoms. The van der Waals surface area contributed by atoms with Gasteiger partial charge in [-0.3, -0.25) is 9.59 Å².